The monoisotopic (exact) mass is 461 g/mol. The third kappa shape index (κ3) is 4.21. The molecule has 1 aliphatic carbocycles. The van der Waals surface area contributed by atoms with Gasteiger partial charge in [-0.3, -0.25) is 9.78 Å². The minimum atomic E-state index is -0.0368. The number of aromatic nitrogens is 4. The molecule has 1 aromatic carbocycles. The van der Waals surface area contributed by atoms with E-state index < -0.39 is 0 Å². The zero-order valence-corrected chi connectivity index (χ0v) is 18.9. The second-order valence-corrected chi connectivity index (χ2v) is 8.98. The highest BCUT2D eigenvalue weighted by Gasteiger charge is 2.27. The number of morpholine rings is 1. The zero-order chi connectivity index (χ0) is 22.9. The first-order valence-electron chi connectivity index (χ1n) is 11.9. The number of benzene rings is 1. The van der Waals surface area contributed by atoms with Gasteiger partial charge in [0.15, 0.2) is 0 Å². The van der Waals surface area contributed by atoms with Crippen LogP contribution < -0.4 is 20.3 Å². The highest BCUT2D eigenvalue weighted by Crippen LogP contribution is 2.34. The molecule has 2 aliphatic heterocycles. The van der Waals surface area contributed by atoms with E-state index in [1.807, 2.05) is 0 Å². The molecule has 0 atom stereocenters. The molecule has 6 rings (SSSR count). The summed E-state index contributed by atoms with van der Waals surface area (Å²) in [5.74, 6) is 2.13. The average Bonchev–Trinajstić information content (AvgIpc) is 3.27. The van der Waals surface area contributed by atoms with E-state index in [4.69, 9.17) is 9.47 Å². The van der Waals surface area contributed by atoms with E-state index in [2.05, 4.69) is 47.6 Å². The molecule has 176 valence electrons. The Labute approximate surface area is 197 Å². The molecule has 0 radical (unpaired) electrons. The second-order valence-electron chi connectivity index (χ2n) is 8.98. The molecular formula is C24H27N7O3. The summed E-state index contributed by atoms with van der Waals surface area (Å²) < 4.78 is 12.0. The van der Waals surface area contributed by atoms with Crippen molar-refractivity contribution < 1.29 is 14.3 Å². The van der Waals surface area contributed by atoms with Gasteiger partial charge in [0.1, 0.15) is 29.2 Å². The molecular weight excluding hydrogens is 434 g/mol. The Bertz CT molecular complexity index is 1210. The summed E-state index contributed by atoms with van der Waals surface area (Å²) in [4.78, 5) is 31.7. The molecule has 1 saturated heterocycles. The van der Waals surface area contributed by atoms with E-state index in [1.165, 1.54) is 6.33 Å². The number of nitrogens with one attached hydrogen (secondary N) is 2. The average molecular weight is 462 g/mol. The summed E-state index contributed by atoms with van der Waals surface area (Å²) in [7, 11) is 0. The van der Waals surface area contributed by atoms with Gasteiger partial charge in [0.25, 0.3) is 0 Å². The molecule has 0 spiro atoms. The maximum Gasteiger partial charge on any atom is 0.230 e. The number of amides is 1. The van der Waals surface area contributed by atoms with Crippen molar-refractivity contribution in [3.63, 3.8) is 0 Å². The van der Waals surface area contributed by atoms with Gasteiger partial charge in [0.2, 0.25) is 5.91 Å². The fourth-order valence-electron chi connectivity index (χ4n) is 4.97. The van der Waals surface area contributed by atoms with Gasteiger partial charge in [-0.25, -0.2) is 15.0 Å². The third-order valence-electron chi connectivity index (χ3n) is 6.75. The number of nitrogens with zero attached hydrogens (tertiary/aromatic N) is 5. The van der Waals surface area contributed by atoms with Crippen molar-refractivity contribution in [3.05, 3.63) is 36.4 Å². The maximum absolute atomic E-state index is 11.7. The lowest BCUT2D eigenvalue weighted by Gasteiger charge is -2.31. The number of hydrogen-bond donors (Lipinski definition) is 2. The smallest absolute Gasteiger partial charge is 0.230 e. The lowest BCUT2D eigenvalue weighted by atomic mass is 9.92. The normalized spacial score (nSPS) is 22.4. The summed E-state index contributed by atoms with van der Waals surface area (Å²) in [5.41, 5.74) is 3.60. The molecule has 10 nitrogen and oxygen atoms in total. The molecule has 3 aliphatic rings. The summed E-state index contributed by atoms with van der Waals surface area (Å²) >= 11 is 0. The number of fused-ring (bicyclic) bond motifs is 2. The molecule has 0 unspecified atom stereocenters. The predicted molar refractivity (Wildman–Crippen MR) is 127 cm³/mol. The quantitative estimate of drug-likeness (QED) is 0.591. The van der Waals surface area contributed by atoms with Gasteiger partial charge in [-0.1, -0.05) is 0 Å². The third-order valence-corrected chi connectivity index (χ3v) is 6.75. The summed E-state index contributed by atoms with van der Waals surface area (Å²) in [5, 5.41) is 6.31. The first kappa shape index (κ1) is 21.0. The fourth-order valence-corrected chi connectivity index (χ4v) is 4.97. The van der Waals surface area contributed by atoms with E-state index in [1.54, 1.807) is 12.4 Å². The van der Waals surface area contributed by atoms with Gasteiger partial charge in [-0.15, -0.1) is 0 Å². The highest BCUT2D eigenvalue weighted by atomic mass is 16.5. The Kier molecular flexibility index (Phi) is 5.58. The standard InChI is InChI=1S/C24H27N7O3/c32-21-13-18-23(27-14-28-24(18)30-21)29-15-1-3-17(4-2-15)34-20-12-16(31-7-9-33-10-8-31)11-19-22(20)26-6-5-25-19/h5-6,11-12,14-15,17H,1-4,7-10,13H2,(H2,27,28,29,30,32)/t15-,17+. The van der Waals surface area contributed by atoms with Crippen molar-refractivity contribution in [2.45, 2.75) is 44.2 Å². The largest absolute Gasteiger partial charge is 0.488 e. The Hall–Kier alpha value is -3.53. The van der Waals surface area contributed by atoms with Crippen LogP contribution >= 0.6 is 0 Å². The minimum Gasteiger partial charge on any atom is -0.488 e. The van der Waals surface area contributed by atoms with E-state index in [0.29, 0.717) is 12.2 Å². The lowest BCUT2D eigenvalue weighted by molar-refractivity contribution is -0.115. The lowest BCUT2D eigenvalue weighted by Crippen LogP contribution is -2.36. The van der Waals surface area contributed by atoms with Crippen molar-refractivity contribution in [1.29, 1.82) is 0 Å². The maximum atomic E-state index is 11.7. The molecule has 10 heteroatoms. The van der Waals surface area contributed by atoms with Crippen LogP contribution in [0.5, 0.6) is 5.75 Å². The summed E-state index contributed by atoms with van der Waals surface area (Å²) in [6.45, 7) is 3.17. The summed E-state index contributed by atoms with van der Waals surface area (Å²) in [6, 6.07) is 4.47. The molecule has 1 saturated carbocycles. The minimum absolute atomic E-state index is 0.0368. The molecule has 0 bridgehead atoms. The van der Waals surface area contributed by atoms with Crippen molar-refractivity contribution >= 4 is 34.3 Å². The topological polar surface area (TPSA) is 114 Å². The van der Waals surface area contributed by atoms with Gasteiger partial charge >= 0.3 is 0 Å². The second kappa shape index (κ2) is 9.02. The van der Waals surface area contributed by atoms with Gasteiger partial charge in [0.05, 0.1) is 31.3 Å². The van der Waals surface area contributed by atoms with Crippen molar-refractivity contribution in [1.82, 2.24) is 19.9 Å². The highest BCUT2D eigenvalue weighted by molar-refractivity contribution is 5.99. The Morgan fingerprint density at radius 1 is 1.03 bits per heavy atom. The van der Waals surface area contributed by atoms with Crippen LogP contribution in [0.2, 0.25) is 0 Å². The van der Waals surface area contributed by atoms with Crippen molar-refractivity contribution in [3.8, 4) is 5.75 Å². The van der Waals surface area contributed by atoms with E-state index >= 15 is 0 Å². The molecule has 3 aromatic rings. The van der Waals surface area contributed by atoms with Gasteiger partial charge in [0, 0.05) is 48.8 Å². The van der Waals surface area contributed by atoms with Gasteiger partial charge < -0.3 is 25.0 Å². The van der Waals surface area contributed by atoms with Crippen LogP contribution in [0.15, 0.2) is 30.9 Å². The zero-order valence-electron chi connectivity index (χ0n) is 18.9. The first-order chi connectivity index (χ1) is 16.7. The Balaban J connectivity index is 1.14. The Morgan fingerprint density at radius 2 is 1.85 bits per heavy atom. The molecule has 2 aromatic heterocycles. The molecule has 2 N–H and O–H groups in total. The van der Waals surface area contributed by atoms with Crippen LogP contribution in [0.3, 0.4) is 0 Å². The van der Waals surface area contributed by atoms with Crippen LogP contribution in [0.25, 0.3) is 11.0 Å². The van der Waals surface area contributed by atoms with E-state index in [-0.39, 0.29) is 18.1 Å². The van der Waals surface area contributed by atoms with Crippen LogP contribution in [-0.2, 0) is 16.0 Å². The van der Waals surface area contributed by atoms with Crippen molar-refractivity contribution in [2.24, 2.45) is 0 Å². The van der Waals surface area contributed by atoms with Crippen LogP contribution in [-0.4, -0.2) is 64.3 Å². The molecule has 34 heavy (non-hydrogen) atoms. The SMILES string of the molecule is O=C1Cc2c(ncnc2N[C@H]2CC[C@@H](Oc3cc(N4CCOCC4)cc4nccnc34)CC2)N1. The molecule has 4 heterocycles. The first-order valence-corrected chi connectivity index (χ1v) is 11.9. The fraction of sp³-hybridized carbons (Fsp3) is 0.458. The Morgan fingerprint density at radius 3 is 2.71 bits per heavy atom. The van der Waals surface area contributed by atoms with Crippen LogP contribution in [0.1, 0.15) is 31.2 Å². The van der Waals surface area contributed by atoms with Crippen LogP contribution in [0.4, 0.5) is 17.3 Å². The predicted octanol–water partition coefficient (Wildman–Crippen LogP) is 2.55. The van der Waals surface area contributed by atoms with Gasteiger partial charge in [-0.2, -0.15) is 0 Å². The number of carbonyl (C=O) groups excluding carboxylic acids is 1. The number of ether oxygens (including phenoxy) is 2. The molecule has 2 fully saturated rings. The number of carbonyl (C=O) groups is 1. The van der Waals surface area contributed by atoms with Crippen LogP contribution in [0, 0.1) is 0 Å². The molecule has 1 amide bonds. The number of hydrogen-bond acceptors (Lipinski definition) is 9. The van der Waals surface area contributed by atoms with Gasteiger partial charge in [-0.05, 0) is 31.7 Å². The van der Waals surface area contributed by atoms with E-state index in [9.17, 15) is 4.79 Å². The summed E-state index contributed by atoms with van der Waals surface area (Å²) in [6.07, 6.45) is 9.12. The number of rotatable bonds is 5. The van der Waals surface area contributed by atoms with Crippen molar-refractivity contribution in [2.75, 3.05) is 41.8 Å². The number of anilines is 3. The van der Waals surface area contributed by atoms with E-state index in [0.717, 1.165) is 85.8 Å².